The van der Waals surface area contributed by atoms with E-state index in [9.17, 15) is 9.59 Å². The fourth-order valence-corrected chi connectivity index (χ4v) is 3.29. The fourth-order valence-electron chi connectivity index (χ4n) is 0.910. The lowest BCUT2D eigenvalue weighted by Crippen LogP contribution is -2.14. The summed E-state index contributed by atoms with van der Waals surface area (Å²) in [6.45, 7) is -0.614. The summed E-state index contributed by atoms with van der Waals surface area (Å²) in [7, 11) is 0. The third kappa shape index (κ3) is 3.98. The van der Waals surface area contributed by atoms with Gasteiger partial charge < -0.3 is 9.84 Å². The molecule has 0 atom stereocenters. The largest absolute Gasteiger partial charge is 0.479 e. The zero-order valence-electron chi connectivity index (χ0n) is 7.67. The molecule has 0 saturated carbocycles. The Morgan fingerprint density at radius 3 is 2.44 bits per heavy atom. The molecule has 0 aliphatic carbocycles. The standard InChI is InChI=1S/C9H5I3O4/c10-4-1-5(8(12)6(11)2-4)9(15)16-3-7(13)14/h1-2H,3H2,(H,13,14). The summed E-state index contributed by atoms with van der Waals surface area (Å²) in [5, 5.41) is 8.41. The number of carbonyl (C=O) groups excluding carboxylic acids is 1. The van der Waals surface area contributed by atoms with Crippen molar-refractivity contribution in [1.82, 2.24) is 0 Å². The Balaban J connectivity index is 2.95. The first-order valence-electron chi connectivity index (χ1n) is 3.95. The highest BCUT2D eigenvalue weighted by atomic mass is 127. The van der Waals surface area contributed by atoms with Gasteiger partial charge in [-0.25, -0.2) is 9.59 Å². The Kier molecular flexibility index (Phi) is 5.70. The molecule has 1 rings (SSSR count). The maximum Gasteiger partial charge on any atom is 0.341 e. The van der Waals surface area contributed by atoms with Gasteiger partial charge in [-0.3, -0.25) is 0 Å². The van der Waals surface area contributed by atoms with Crippen molar-refractivity contribution >= 4 is 79.7 Å². The van der Waals surface area contributed by atoms with Gasteiger partial charge in [0.1, 0.15) is 0 Å². The lowest BCUT2D eigenvalue weighted by Gasteiger charge is -2.06. The van der Waals surface area contributed by atoms with Crippen LogP contribution in [0, 0.1) is 10.7 Å². The highest BCUT2D eigenvalue weighted by molar-refractivity contribution is 14.1. The maximum atomic E-state index is 11.6. The molecule has 0 aromatic heterocycles. The number of hydrogen-bond donors (Lipinski definition) is 1. The van der Waals surface area contributed by atoms with Crippen LogP contribution in [0.15, 0.2) is 12.1 Å². The lowest BCUT2D eigenvalue weighted by atomic mass is 10.2. The fraction of sp³-hybridized carbons (Fsp3) is 0.111. The molecule has 1 N–H and O–H groups in total. The summed E-state index contributed by atoms with van der Waals surface area (Å²) in [6, 6.07) is 3.60. The van der Waals surface area contributed by atoms with Crippen LogP contribution in [0.1, 0.15) is 10.4 Å². The maximum absolute atomic E-state index is 11.6. The molecule has 1 aromatic carbocycles. The van der Waals surface area contributed by atoms with Crippen LogP contribution in [-0.2, 0) is 9.53 Å². The molecule has 0 radical (unpaired) electrons. The molecule has 7 heteroatoms. The topological polar surface area (TPSA) is 63.6 Å². The summed E-state index contributed by atoms with van der Waals surface area (Å²) in [6.07, 6.45) is 0. The normalized spacial score (nSPS) is 9.94. The van der Waals surface area contributed by atoms with E-state index in [1.807, 2.05) is 28.7 Å². The number of carboxylic acid groups (broad SMARTS) is 1. The summed E-state index contributed by atoms with van der Waals surface area (Å²) >= 11 is 6.24. The van der Waals surface area contributed by atoms with Crippen molar-refractivity contribution in [1.29, 1.82) is 0 Å². The van der Waals surface area contributed by atoms with E-state index in [1.165, 1.54) is 0 Å². The van der Waals surface area contributed by atoms with E-state index in [-0.39, 0.29) is 0 Å². The monoisotopic (exact) mass is 558 g/mol. The molecule has 0 heterocycles. The van der Waals surface area contributed by atoms with Crippen LogP contribution >= 0.6 is 67.8 Å². The number of benzene rings is 1. The van der Waals surface area contributed by atoms with E-state index in [2.05, 4.69) is 49.9 Å². The first kappa shape index (κ1) is 14.4. The average molecular weight is 558 g/mol. The number of hydrogen-bond acceptors (Lipinski definition) is 3. The molecular weight excluding hydrogens is 553 g/mol. The molecule has 16 heavy (non-hydrogen) atoms. The van der Waals surface area contributed by atoms with Crippen molar-refractivity contribution in [3.63, 3.8) is 0 Å². The quantitative estimate of drug-likeness (QED) is 0.353. The van der Waals surface area contributed by atoms with E-state index >= 15 is 0 Å². The second-order valence-electron chi connectivity index (χ2n) is 2.72. The second-order valence-corrected chi connectivity index (χ2v) is 6.21. The minimum absolute atomic E-state index is 0.401. The zero-order valence-corrected chi connectivity index (χ0v) is 14.1. The molecule has 0 aliphatic rings. The average Bonchev–Trinajstić information content (AvgIpc) is 2.19. The second kappa shape index (κ2) is 6.33. The highest BCUT2D eigenvalue weighted by Crippen LogP contribution is 2.23. The lowest BCUT2D eigenvalue weighted by molar-refractivity contribution is -0.140. The third-order valence-electron chi connectivity index (χ3n) is 1.54. The van der Waals surface area contributed by atoms with Gasteiger partial charge in [-0.15, -0.1) is 0 Å². The summed E-state index contributed by atoms with van der Waals surface area (Å²) in [4.78, 5) is 21.8. The zero-order chi connectivity index (χ0) is 12.3. The summed E-state index contributed by atoms with van der Waals surface area (Å²) < 4.78 is 7.25. The van der Waals surface area contributed by atoms with Gasteiger partial charge >= 0.3 is 11.9 Å². The number of carboxylic acids is 1. The van der Waals surface area contributed by atoms with E-state index in [1.54, 1.807) is 6.07 Å². The molecular formula is C9H5I3O4. The molecule has 0 saturated heterocycles. The third-order valence-corrected chi connectivity index (χ3v) is 5.21. The predicted octanol–water partition coefficient (Wildman–Crippen LogP) is 2.74. The van der Waals surface area contributed by atoms with Crippen LogP contribution in [-0.4, -0.2) is 23.7 Å². The predicted molar refractivity (Wildman–Crippen MR) is 82.5 cm³/mol. The van der Waals surface area contributed by atoms with Crippen LogP contribution in [0.4, 0.5) is 0 Å². The van der Waals surface area contributed by atoms with Crippen molar-refractivity contribution in [2.45, 2.75) is 0 Å². The first-order valence-corrected chi connectivity index (χ1v) is 7.19. The van der Waals surface area contributed by atoms with Gasteiger partial charge in [0.2, 0.25) is 0 Å². The van der Waals surface area contributed by atoms with Gasteiger partial charge in [-0.05, 0) is 79.9 Å². The first-order chi connectivity index (χ1) is 7.41. The molecule has 0 fully saturated rings. The smallest absolute Gasteiger partial charge is 0.341 e. The van der Waals surface area contributed by atoms with Crippen molar-refractivity contribution < 1.29 is 19.4 Å². The van der Waals surface area contributed by atoms with Gasteiger partial charge in [-0.2, -0.15) is 0 Å². The highest BCUT2D eigenvalue weighted by Gasteiger charge is 2.15. The minimum Gasteiger partial charge on any atom is -0.479 e. The minimum atomic E-state index is -1.16. The van der Waals surface area contributed by atoms with Gasteiger partial charge in [0, 0.05) is 10.7 Å². The molecule has 0 unspecified atom stereocenters. The van der Waals surface area contributed by atoms with Crippen LogP contribution < -0.4 is 0 Å². The number of carbonyl (C=O) groups is 2. The van der Waals surface area contributed by atoms with Crippen LogP contribution in [0.3, 0.4) is 0 Å². The Labute approximate surface area is 133 Å². The van der Waals surface area contributed by atoms with Gasteiger partial charge in [0.25, 0.3) is 0 Å². The molecule has 0 amide bonds. The van der Waals surface area contributed by atoms with Crippen LogP contribution in [0.5, 0.6) is 0 Å². The molecule has 1 aromatic rings. The Morgan fingerprint density at radius 2 is 1.88 bits per heavy atom. The molecule has 0 spiro atoms. The van der Waals surface area contributed by atoms with Crippen molar-refractivity contribution in [3.8, 4) is 0 Å². The molecule has 4 nitrogen and oxygen atoms in total. The van der Waals surface area contributed by atoms with Crippen molar-refractivity contribution in [2.75, 3.05) is 6.61 Å². The number of rotatable bonds is 3. The SMILES string of the molecule is O=C(O)COC(=O)c1cc(I)cc(I)c1I. The van der Waals surface area contributed by atoms with E-state index < -0.39 is 18.5 Å². The van der Waals surface area contributed by atoms with Crippen molar-refractivity contribution in [3.05, 3.63) is 28.4 Å². The number of ether oxygens (including phenoxy) is 1. The van der Waals surface area contributed by atoms with E-state index in [4.69, 9.17) is 5.11 Å². The van der Waals surface area contributed by atoms with Gasteiger partial charge in [0.05, 0.1) is 5.56 Å². The number of halogens is 3. The van der Waals surface area contributed by atoms with Crippen LogP contribution in [0.25, 0.3) is 0 Å². The summed E-state index contributed by atoms with van der Waals surface area (Å²) in [5.41, 5.74) is 0.401. The van der Waals surface area contributed by atoms with E-state index in [0.29, 0.717) is 5.56 Å². The van der Waals surface area contributed by atoms with Crippen LogP contribution in [0.2, 0.25) is 0 Å². The Bertz CT molecular complexity index is 445. The summed E-state index contributed by atoms with van der Waals surface area (Å²) in [5.74, 6) is -1.77. The Morgan fingerprint density at radius 1 is 1.25 bits per heavy atom. The number of esters is 1. The Hall–Kier alpha value is 0.350. The van der Waals surface area contributed by atoms with Gasteiger partial charge in [0.15, 0.2) is 6.61 Å². The van der Waals surface area contributed by atoms with Gasteiger partial charge in [-0.1, -0.05) is 0 Å². The molecule has 86 valence electrons. The molecule has 0 bridgehead atoms. The van der Waals surface area contributed by atoms with Crippen molar-refractivity contribution in [2.24, 2.45) is 0 Å². The van der Waals surface area contributed by atoms with E-state index in [0.717, 1.165) is 10.7 Å². The number of aliphatic carboxylic acids is 1. The molecule has 0 aliphatic heterocycles.